The predicted octanol–water partition coefficient (Wildman–Crippen LogP) is -3.07. The molecule has 0 amide bonds. The van der Waals surface area contributed by atoms with Crippen LogP contribution in [0.15, 0.2) is 0 Å². The van der Waals surface area contributed by atoms with E-state index < -0.39 is 5.97 Å². The van der Waals surface area contributed by atoms with Crippen molar-refractivity contribution in [1.82, 2.24) is 0 Å². The zero-order valence-corrected chi connectivity index (χ0v) is 8.16. The van der Waals surface area contributed by atoms with E-state index in [1.807, 2.05) is 0 Å². The molecule has 1 aliphatic carbocycles. The Hall–Kier alpha value is 0.0274. The maximum Gasteiger partial charge on any atom is 1.00 e. The SMILES string of the molecule is O=C([O-])C1CCC(CCO)CC1.[Li+]. The first kappa shape index (κ1) is 13.0. The standard InChI is InChI=1S/C9H16O3.Li/c10-6-5-7-1-3-8(4-2-7)9(11)12;/h7-8,10H,1-6H2,(H,11,12);/q;+1/p-1. The van der Waals surface area contributed by atoms with E-state index in [0.29, 0.717) is 5.92 Å². The third kappa shape index (κ3) is 4.17. The summed E-state index contributed by atoms with van der Waals surface area (Å²) in [6, 6.07) is 0. The first-order chi connectivity index (χ1) is 5.74. The molecule has 1 fully saturated rings. The Balaban J connectivity index is 0.00000144. The fourth-order valence-electron chi connectivity index (χ4n) is 1.87. The smallest absolute Gasteiger partial charge is 0.550 e. The molecule has 1 N–H and O–H groups in total. The molecular weight excluding hydrogens is 163 g/mol. The Morgan fingerprint density at radius 3 is 2.23 bits per heavy atom. The van der Waals surface area contributed by atoms with E-state index in [1.54, 1.807) is 0 Å². The van der Waals surface area contributed by atoms with Crippen LogP contribution in [0.5, 0.6) is 0 Å². The van der Waals surface area contributed by atoms with E-state index in [1.165, 1.54) is 0 Å². The van der Waals surface area contributed by atoms with Crippen LogP contribution >= 0.6 is 0 Å². The average Bonchev–Trinajstić information content (AvgIpc) is 2.06. The van der Waals surface area contributed by atoms with Crippen molar-refractivity contribution in [2.45, 2.75) is 32.1 Å². The monoisotopic (exact) mass is 178 g/mol. The summed E-state index contributed by atoms with van der Waals surface area (Å²) in [6.45, 7) is 0.223. The molecule has 1 rings (SSSR count). The molecule has 0 aromatic rings. The van der Waals surface area contributed by atoms with Gasteiger partial charge in [-0.3, -0.25) is 0 Å². The summed E-state index contributed by atoms with van der Waals surface area (Å²) in [6.07, 6.45) is 4.14. The van der Waals surface area contributed by atoms with E-state index >= 15 is 0 Å². The molecule has 0 aromatic carbocycles. The van der Waals surface area contributed by atoms with Crippen LogP contribution < -0.4 is 24.0 Å². The van der Waals surface area contributed by atoms with Crippen LogP contribution in [0.3, 0.4) is 0 Å². The number of hydrogen-bond acceptors (Lipinski definition) is 3. The third-order valence-corrected chi connectivity index (χ3v) is 2.72. The minimum Gasteiger partial charge on any atom is -0.550 e. The molecule has 1 aliphatic rings. The number of carbonyl (C=O) groups is 1. The van der Waals surface area contributed by atoms with Crippen molar-refractivity contribution in [2.75, 3.05) is 6.61 Å². The van der Waals surface area contributed by atoms with Gasteiger partial charge in [0.25, 0.3) is 0 Å². The summed E-state index contributed by atoms with van der Waals surface area (Å²) in [5, 5.41) is 19.1. The van der Waals surface area contributed by atoms with E-state index in [4.69, 9.17) is 5.11 Å². The van der Waals surface area contributed by atoms with Crippen molar-refractivity contribution in [1.29, 1.82) is 0 Å². The maximum absolute atomic E-state index is 10.5. The van der Waals surface area contributed by atoms with E-state index in [0.717, 1.165) is 32.1 Å². The van der Waals surface area contributed by atoms with Gasteiger partial charge in [0.2, 0.25) is 0 Å². The Bertz CT molecular complexity index is 153. The summed E-state index contributed by atoms with van der Waals surface area (Å²) < 4.78 is 0. The fourth-order valence-corrected chi connectivity index (χ4v) is 1.87. The predicted molar refractivity (Wildman–Crippen MR) is 42.2 cm³/mol. The molecule has 3 nitrogen and oxygen atoms in total. The molecule has 13 heavy (non-hydrogen) atoms. The zero-order valence-electron chi connectivity index (χ0n) is 8.16. The van der Waals surface area contributed by atoms with Gasteiger partial charge < -0.3 is 15.0 Å². The largest absolute Gasteiger partial charge is 1.00 e. The van der Waals surface area contributed by atoms with Gasteiger partial charge in [-0.25, -0.2) is 0 Å². The number of carboxylic acids is 1. The first-order valence-electron chi connectivity index (χ1n) is 4.55. The quantitative estimate of drug-likeness (QED) is 0.466. The number of aliphatic hydroxyl groups excluding tert-OH is 1. The van der Waals surface area contributed by atoms with Crippen molar-refractivity contribution in [3.63, 3.8) is 0 Å². The summed E-state index contributed by atoms with van der Waals surface area (Å²) in [7, 11) is 0. The number of carbonyl (C=O) groups excluding carboxylic acids is 1. The minimum absolute atomic E-state index is 0. The molecule has 70 valence electrons. The van der Waals surface area contributed by atoms with Gasteiger partial charge in [0.05, 0.1) is 0 Å². The second-order valence-electron chi connectivity index (χ2n) is 3.55. The van der Waals surface area contributed by atoms with Gasteiger partial charge in [-0.2, -0.15) is 0 Å². The average molecular weight is 178 g/mol. The number of carboxylic acid groups (broad SMARTS) is 1. The van der Waals surface area contributed by atoms with Crippen molar-refractivity contribution in [3.05, 3.63) is 0 Å². The second kappa shape index (κ2) is 6.48. The molecule has 0 aromatic heterocycles. The Labute approximate surface area is 90.7 Å². The molecule has 1 saturated carbocycles. The van der Waals surface area contributed by atoms with Gasteiger partial charge in [0.1, 0.15) is 0 Å². The fraction of sp³-hybridized carbons (Fsp3) is 0.889. The number of hydrogen-bond donors (Lipinski definition) is 1. The molecular formula is C9H15LiO3. The molecule has 0 unspecified atom stereocenters. The van der Waals surface area contributed by atoms with Crippen molar-refractivity contribution in [2.24, 2.45) is 11.8 Å². The second-order valence-corrected chi connectivity index (χ2v) is 3.55. The van der Waals surface area contributed by atoms with Crippen molar-refractivity contribution >= 4 is 5.97 Å². The van der Waals surface area contributed by atoms with Crippen molar-refractivity contribution < 1.29 is 33.9 Å². The number of aliphatic carboxylic acids is 1. The Kier molecular flexibility index (Phi) is 6.49. The molecule has 0 saturated heterocycles. The summed E-state index contributed by atoms with van der Waals surface area (Å²) in [5.41, 5.74) is 0. The van der Waals surface area contributed by atoms with E-state index in [9.17, 15) is 9.90 Å². The molecule has 0 radical (unpaired) electrons. The van der Waals surface area contributed by atoms with Gasteiger partial charge in [0, 0.05) is 12.6 Å². The normalized spacial score (nSPS) is 27.8. The van der Waals surface area contributed by atoms with Crippen LogP contribution in [-0.4, -0.2) is 17.7 Å². The maximum atomic E-state index is 10.5. The summed E-state index contributed by atoms with van der Waals surface area (Å²) in [5.74, 6) is -0.608. The molecule has 0 bridgehead atoms. The van der Waals surface area contributed by atoms with Crippen LogP contribution in [0, 0.1) is 11.8 Å². The molecule has 0 heterocycles. The molecule has 0 atom stereocenters. The first-order valence-corrected chi connectivity index (χ1v) is 4.55. The molecule has 0 aliphatic heterocycles. The Morgan fingerprint density at radius 1 is 1.31 bits per heavy atom. The van der Waals surface area contributed by atoms with Gasteiger partial charge in [-0.15, -0.1) is 0 Å². The van der Waals surface area contributed by atoms with Crippen LogP contribution in [0.25, 0.3) is 0 Å². The zero-order chi connectivity index (χ0) is 8.97. The van der Waals surface area contributed by atoms with Gasteiger partial charge in [-0.1, -0.05) is 0 Å². The minimum atomic E-state index is -0.905. The Morgan fingerprint density at radius 2 is 1.85 bits per heavy atom. The number of aliphatic hydroxyl groups is 1. The molecule has 0 spiro atoms. The van der Waals surface area contributed by atoms with E-state index in [2.05, 4.69) is 0 Å². The third-order valence-electron chi connectivity index (χ3n) is 2.72. The van der Waals surface area contributed by atoms with E-state index in [-0.39, 0.29) is 31.4 Å². The van der Waals surface area contributed by atoms with Crippen LogP contribution in [0.4, 0.5) is 0 Å². The van der Waals surface area contributed by atoms with Crippen molar-refractivity contribution in [3.8, 4) is 0 Å². The van der Waals surface area contributed by atoms with Gasteiger partial charge >= 0.3 is 18.9 Å². The van der Waals surface area contributed by atoms with Gasteiger partial charge in [-0.05, 0) is 43.9 Å². The van der Waals surface area contributed by atoms with Gasteiger partial charge in [0.15, 0.2) is 0 Å². The van der Waals surface area contributed by atoms with Crippen LogP contribution in [0.2, 0.25) is 0 Å². The summed E-state index contributed by atoms with van der Waals surface area (Å²) >= 11 is 0. The number of rotatable bonds is 3. The van der Waals surface area contributed by atoms with Crippen LogP contribution in [-0.2, 0) is 4.79 Å². The van der Waals surface area contributed by atoms with Crippen LogP contribution in [0.1, 0.15) is 32.1 Å². The topological polar surface area (TPSA) is 60.4 Å². The summed E-state index contributed by atoms with van der Waals surface area (Å²) in [4.78, 5) is 10.5. The molecule has 4 heteroatoms.